The minimum atomic E-state index is 0.337. The topological polar surface area (TPSA) is 35.5 Å². The van der Waals surface area contributed by atoms with Crippen molar-refractivity contribution in [2.75, 3.05) is 31.1 Å². The molecule has 1 aromatic rings. The number of hydrogen-bond acceptors (Lipinski definition) is 3. The molecule has 1 aromatic carbocycles. The zero-order valence-corrected chi connectivity index (χ0v) is 12.8. The summed E-state index contributed by atoms with van der Waals surface area (Å²) in [5, 5.41) is 12.8. The van der Waals surface area contributed by atoms with Gasteiger partial charge in [-0.2, -0.15) is 0 Å². The molecule has 2 rings (SSSR count). The van der Waals surface area contributed by atoms with Gasteiger partial charge in [0.2, 0.25) is 0 Å². The van der Waals surface area contributed by atoms with Crippen LogP contribution in [0.1, 0.15) is 44.7 Å². The minimum absolute atomic E-state index is 0.337. The number of hydrogen-bond donors (Lipinski definition) is 2. The maximum atomic E-state index is 9.26. The molecular weight excluding hydrogens is 248 g/mol. The van der Waals surface area contributed by atoms with Gasteiger partial charge in [0, 0.05) is 31.4 Å². The van der Waals surface area contributed by atoms with E-state index in [0.717, 1.165) is 38.9 Å². The Morgan fingerprint density at radius 2 is 2.00 bits per heavy atom. The fourth-order valence-electron chi connectivity index (χ4n) is 2.97. The second-order valence-electron chi connectivity index (χ2n) is 5.85. The Morgan fingerprint density at radius 1 is 1.30 bits per heavy atom. The van der Waals surface area contributed by atoms with Gasteiger partial charge in [0.25, 0.3) is 0 Å². The SMILES string of the molecule is CCCNC(C)c1ccccc1N1CCC(CO)CC1. The zero-order valence-electron chi connectivity index (χ0n) is 12.8. The summed E-state index contributed by atoms with van der Waals surface area (Å²) >= 11 is 0. The van der Waals surface area contributed by atoms with Crippen LogP contribution in [0.15, 0.2) is 24.3 Å². The molecule has 112 valence electrons. The van der Waals surface area contributed by atoms with Crippen molar-refractivity contribution in [3.63, 3.8) is 0 Å². The van der Waals surface area contributed by atoms with Gasteiger partial charge in [0.05, 0.1) is 0 Å². The van der Waals surface area contributed by atoms with E-state index in [0.29, 0.717) is 18.6 Å². The van der Waals surface area contributed by atoms with Crippen LogP contribution in [0.5, 0.6) is 0 Å². The maximum absolute atomic E-state index is 9.26. The van der Waals surface area contributed by atoms with Gasteiger partial charge < -0.3 is 15.3 Å². The predicted molar refractivity (Wildman–Crippen MR) is 85.2 cm³/mol. The molecule has 0 spiro atoms. The smallest absolute Gasteiger partial charge is 0.0460 e. The largest absolute Gasteiger partial charge is 0.396 e. The van der Waals surface area contributed by atoms with E-state index in [2.05, 4.69) is 48.3 Å². The summed E-state index contributed by atoms with van der Waals surface area (Å²) in [4.78, 5) is 2.48. The highest BCUT2D eigenvalue weighted by Crippen LogP contribution is 2.29. The summed E-state index contributed by atoms with van der Waals surface area (Å²) < 4.78 is 0. The third-order valence-electron chi connectivity index (χ3n) is 4.32. The summed E-state index contributed by atoms with van der Waals surface area (Å²) in [6.45, 7) is 7.96. The van der Waals surface area contributed by atoms with Crippen LogP contribution in [0.4, 0.5) is 5.69 Å². The van der Waals surface area contributed by atoms with Crippen molar-refractivity contribution >= 4 is 5.69 Å². The number of benzene rings is 1. The molecule has 0 aliphatic carbocycles. The van der Waals surface area contributed by atoms with Crippen molar-refractivity contribution < 1.29 is 5.11 Å². The third kappa shape index (κ3) is 3.74. The number of nitrogens with one attached hydrogen (secondary N) is 1. The minimum Gasteiger partial charge on any atom is -0.396 e. The van der Waals surface area contributed by atoms with Crippen LogP contribution in [-0.4, -0.2) is 31.3 Å². The first-order valence-corrected chi connectivity index (χ1v) is 7.94. The van der Waals surface area contributed by atoms with E-state index in [-0.39, 0.29) is 0 Å². The summed E-state index contributed by atoms with van der Waals surface area (Å²) in [7, 11) is 0. The van der Waals surface area contributed by atoms with Crippen LogP contribution in [0, 0.1) is 5.92 Å². The zero-order chi connectivity index (χ0) is 14.4. The number of aliphatic hydroxyl groups is 1. The number of para-hydroxylation sites is 1. The molecule has 1 unspecified atom stereocenters. The average molecular weight is 276 g/mol. The number of nitrogens with zero attached hydrogens (tertiary/aromatic N) is 1. The molecular formula is C17H28N2O. The second kappa shape index (κ2) is 7.65. The lowest BCUT2D eigenvalue weighted by atomic mass is 9.96. The second-order valence-corrected chi connectivity index (χ2v) is 5.85. The van der Waals surface area contributed by atoms with Gasteiger partial charge >= 0.3 is 0 Å². The number of aliphatic hydroxyl groups excluding tert-OH is 1. The van der Waals surface area contributed by atoms with E-state index < -0.39 is 0 Å². The van der Waals surface area contributed by atoms with Crippen LogP contribution >= 0.6 is 0 Å². The molecule has 0 aromatic heterocycles. The molecule has 1 heterocycles. The molecule has 1 aliphatic rings. The molecule has 3 nitrogen and oxygen atoms in total. The Hall–Kier alpha value is -1.06. The first-order chi connectivity index (χ1) is 9.76. The standard InChI is InChI=1S/C17H28N2O/c1-3-10-18-14(2)16-6-4-5-7-17(16)19-11-8-15(13-20)9-12-19/h4-7,14-15,18,20H,3,8-13H2,1-2H3. The fraction of sp³-hybridized carbons (Fsp3) is 0.647. The van der Waals surface area contributed by atoms with Crippen molar-refractivity contribution in [2.45, 2.75) is 39.2 Å². The van der Waals surface area contributed by atoms with Gasteiger partial charge in [0.1, 0.15) is 0 Å². The molecule has 0 bridgehead atoms. The highest BCUT2D eigenvalue weighted by atomic mass is 16.3. The Bertz CT molecular complexity index is 400. The molecule has 3 heteroatoms. The summed E-state index contributed by atoms with van der Waals surface area (Å²) in [6, 6.07) is 9.12. The molecule has 1 fully saturated rings. The average Bonchev–Trinajstić information content (AvgIpc) is 2.52. The van der Waals surface area contributed by atoms with Gasteiger partial charge in [-0.25, -0.2) is 0 Å². The van der Waals surface area contributed by atoms with Crippen LogP contribution < -0.4 is 10.2 Å². The van der Waals surface area contributed by atoms with Gasteiger partial charge in [-0.1, -0.05) is 25.1 Å². The Labute approximate surface area is 123 Å². The molecule has 2 N–H and O–H groups in total. The first kappa shape index (κ1) is 15.3. The monoisotopic (exact) mass is 276 g/mol. The van der Waals surface area contributed by atoms with E-state index in [1.165, 1.54) is 11.3 Å². The van der Waals surface area contributed by atoms with Crippen molar-refractivity contribution in [3.05, 3.63) is 29.8 Å². The molecule has 1 saturated heterocycles. The Balaban J connectivity index is 2.08. The maximum Gasteiger partial charge on any atom is 0.0460 e. The van der Waals surface area contributed by atoms with Crippen LogP contribution in [0.3, 0.4) is 0 Å². The van der Waals surface area contributed by atoms with E-state index in [1.807, 2.05) is 0 Å². The van der Waals surface area contributed by atoms with Crippen molar-refractivity contribution in [1.82, 2.24) is 5.32 Å². The Morgan fingerprint density at radius 3 is 2.65 bits per heavy atom. The Kier molecular flexibility index (Phi) is 5.86. The van der Waals surface area contributed by atoms with Crippen LogP contribution in [-0.2, 0) is 0 Å². The van der Waals surface area contributed by atoms with Crippen molar-refractivity contribution in [3.8, 4) is 0 Å². The van der Waals surface area contributed by atoms with Gasteiger partial charge in [-0.05, 0) is 50.3 Å². The molecule has 1 aliphatic heterocycles. The lowest BCUT2D eigenvalue weighted by Crippen LogP contribution is -2.36. The van der Waals surface area contributed by atoms with Crippen molar-refractivity contribution in [1.29, 1.82) is 0 Å². The van der Waals surface area contributed by atoms with Crippen LogP contribution in [0.2, 0.25) is 0 Å². The quantitative estimate of drug-likeness (QED) is 0.838. The van der Waals surface area contributed by atoms with Crippen molar-refractivity contribution in [2.24, 2.45) is 5.92 Å². The van der Waals surface area contributed by atoms with Crippen LogP contribution in [0.25, 0.3) is 0 Å². The normalized spacial score (nSPS) is 18.2. The molecule has 0 amide bonds. The van der Waals surface area contributed by atoms with Gasteiger partial charge in [-0.15, -0.1) is 0 Å². The summed E-state index contributed by atoms with van der Waals surface area (Å²) in [5.74, 6) is 0.494. The number of rotatable bonds is 6. The highest BCUT2D eigenvalue weighted by Gasteiger charge is 2.21. The predicted octanol–water partition coefficient (Wildman–Crippen LogP) is 2.96. The summed E-state index contributed by atoms with van der Waals surface area (Å²) in [6.07, 6.45) is 3.36. The van der Waals surface area contributed by atoms with E-state index in [4.69, 9.17) is 0 Å². The lowest BCUT2D eigenvalue weighted by molar-refractivity contribution is 0.203. The third-order valence-corrected chi connectivity index (χ3v) is 4.32. The van der Waals surface area contributed by atoms with Gasteiger partial charge in [-0.3, -0.25) is 0 Å². The van der Waals surface area contributed by atoms with E-state index in [1.54, 1.807) is 0 Å². The molecule has 0 radical (unpaired) electrons. The molecule has 1 atom stereocenters. The van der Waals surface area contributed by atoms with Gasteiger partial charge in [0.15, 0.2) is 0 Å². The lowest BCUT2D eigenvalue weighted by Gasteiger charge is -2.35. The highest BCUT2D eigenvalue weighted by molar-refractivity contribution is 5.55. The molecule has 0 saturated carbocycles. The summed E-state index contributed by atoms with van der Waals surface area (Å²) in [5.41, 5.74) is 2.75. The van der Waals surface area contributed by atoms with E-state index >= 15 is 0 Å². The molecule has 20 heavy (non-hydrogen) atoms. The first-order valence-electron chi connectivity index (χ1n) is 7.94. The van der Waals surface area contributed by atoms with E-state index in [9.17, 15) is 5.11 Å². The number of piperidine rings is 1. The number of anilines is 1. The fourth-order valence-corrected chi connectivity index (χ4v) is 2.97.